The average Bonchev–Trinajstić information content (AvgIpc) is 2.89. The molecule has 2 aliphatic rings. The second-order valence-electron chi connectivity index (χ2n) is 11.2. The van der Waals surface area contributed by atoms with Gasteiger partial charge in [-0.1, -0.05) is 6.58 Å². The molecule has 7 nitrogen and oxygen atoms in total. The Hall–Kier alpha value is -3.00. The van der Waals surface area contributed by atoms with E-state index < -0.39 is 52.5 Å². The Morgan fingerprint density at radius 1 is 1.19 bits per heavy atom. The minimum Gasteiger partial charge on any atom is -0.375 e. The number of benzene rings is 2. The molecule has 1 saturated heterocycles. The first-order chi connectivity index (χ1) is 19.7. The number of anilines is 1. The van der Waals surface area contributed by atoms with Crippen LogP contribution in [0.15, 0.2) is 46.6 Å². The van der Waals surface area contributed by atoms with Crippen LogP contribution < -0.4 is 10.6 Å². The summed E-state index contributed by atoms with van der Waals surface area (Å²) in [7, 11) is 3.66. The molecule has 4 atom stereocenters. The van der Waals surface area contributed by atoms with E-state index in [9.17, 15) is 27.5 Å². The number of alkyl halides is 3. The van der Waals surface area contributed by atoms with Crippen molar-refractivity contribution in [3.8, 4) is 11.1 Å². The molecule has 5 rings (SSSR count). The fourth-order valence-corrected chi connectivity index (χ4v) is 7.55. The van der Waals surface area contributed by atoms with Crippen molar-refractivity contribution in [2.24, 2.45) is 0 Å². The van der Waals surface area contributed by atoms with Gasteiger partial charge in [0.15, 0.2) is 0 Å². The van der Waals surface area contributed by atoms with Crippen LogP contribution in [0.4, 0.5) is 27.8 Å². The Kier molecular flexibility index (Phi) is 8.16. The third-order valence-electron chi connectivity index (χ3n) is 7.81. The van der Waals surface area contributed by atoms with Crippen LogP contribution in [-0.2, 0) is 6.18 Å². The van der Waals surface area contributed by atoms with Gasteiger partial charge in [-0.25, -0.2) is 13.6 Å². The van der Waals surface area contributed by atoms with Gasteiger partial charge in [0, 0.05) is 64.9 Å². The molecule has 0 spiro atoms. The van der Waals surface area contributed by atoms with Gasteiger partial charge in [0.25, 0.3) is 0 Å². The third kappa shape index (κ3) is 5.31. The second-order valence-corrected chi connectivity index (χ2v) is 12.2. The SMILES string of the molecule is C=CC(O)N1[C@H](C)CN(c2nc(=O)n3c4c(c(-c5ccc(F)cc5F)c(C(F)(F)F)cc24)SC[C@@H]3CN(C)C)C[C@@H]1C. The van der Waals surface area contributed by atoms with Crippen molar-refractivity contribution in [3.63, 3.8) is 0 Å². The zero-order valence-electron chi connectivity index (χ0n) is 23.6. The number of rotatable bonds is 6. The number of hydrogen-bond acceptors (Lipinski definition) is 7. The van der Waals surface area contributed by atoms with Gasteiger partial charge in [-0.2, -0.15) is 18.2 Å². The van der Waals surface area contributed by atoms with E-state index in [0.29, 0.717) is 12.6 Å². The fourth-order valence-electron chi connectivity index (χ4n) is 6.22. The molecule has 13 heteroatoms. The molecular formula is C29H32F5N5O2S. The van der Waals surface area contributed by atoms with Gasteiger partial charge in [-0.3, -0.25) is 9.47 Å². The maximum atomic E-state index is 15.1. The second kappa shape index (κ2) is 11.3. The van der Waals surface area contributed by atoms with Gasteiger partial charge < -0.3 is 14.9 Å². The number of likely N-dealkylation sites (N-methyl/N-ethyl adjacent to an activating group) is 1. The first-order valence-corrected chi connectivity index (χ1v) is 14.5. The van der Waals surface area contributed by atoms with Gasteiger partial charge >= 0.3 is 11.9 Å². The molecule has 2 aliphatic heterocycles. The number of aliphatic hydroxyl groups is 1. The number of thioether (sulfide) groups is 1. The molecule has 1 fully saturated rings. The van der Waals surface area contributed by atoms with Crippen molar-refractivity contribution in [1.29, 1.82) is 0 Å². The maximum absolute atomic E-state index is 15.1. The molecule has 0 radical (unpaired) electrons. The Labute approximate surface area is 244 Å². The van der Waals surface area contributed by atoms with Crippen molar-refractivity contribution < 1.29 is 27.1 Å². The van der Waals surface area contributed by atoms with Crippen molar-refractivity contribution in [2.45, 2.75) is 49.3 Å². The smallest absolute Gasteiger partial charge is 0.375 e. The van der Waals surface area contributed by atoms with Crippen molar-refractivity contribution in [3.05, 3.63) is 64.6 Å². The molecule has 0 saturated carbocycles. The lowest BCUT2D eigenvalue weighted by molar-refractivity contribution is -0.137. The number of piperazine rings is 1. The van der Waals surface area contributed by atoms with Gasteiger partial charge in [-0.05, 0) is 52.2 Å². The number of aliphatic hydroxyl groups excluding tert-OH is 1. The molecule has 42 heavy (non-hydrogen) atoms. The summed E-state index contributed by atoms with van der Waals surface area (Å²) in [5.74, 6) is -1.69. The highest BCUT2D eigenvalue weighted by Gasteiger charge is 2.41. The minimum atomic E-state index is -4.90. The van der Waals surface area contributed by atoms with Crippen LogP contribution in [0.5, 0.6) is 0 Å². The van der Waals surface area contributed by atoms with Crippen LogP contribution in [0.3, 0.4) is 0 Å². The van der Waals surface area contributed by atoms with Gasteiger partial charge in [0.05, 0.1) is 17.1 Å². The Morgan fingerprint density at radius 3 is 2.43 bits per heavy atom. The Balaban J connectivity index is 1.83. The standard InChI is InChI=1S/C29H32F5N5O2S/c1-6-23(40)38-15(2)11-37(12-16(38)3)27-20-10-21(29(32,33)34)24(19-8-7-17(30)9-22(19)31)26-25(20)39(28(41)35-27)18(14-42-26)13-36(4)5/h6-10,15-16,18,23,40H,1,11-14H2,2-5H3/t15-,16+,18-,23?/m0/s1. The molecule has 0 bridgehead atoms. The van der Waals surface area contributed by atoms with E-state index in [1.165, 1.54) is 10.6 Å². The van der Waals surface area contributed by atoms with Crippen LogP contribution in [0.2, 0.25) is 0 Å². The maximum Gasteiger partial charge on any atom is 0.417 e. The number of halogens is 5. The zero-order chi connectivity index (χ0) is 30.7. The lowest BCUT2D eigenvalue weighted by atomic mass is 9.95. The van der Waals surface area contributed by atoms with Crippen LogP contribution in [-0.4, -0.2) is 82.3 Å². The number of nitrogens with zero attached hydrogens (tertiary/aromatic N) is 5. The predicted octanol–water partition coefficient (Wildman–Crippen LogP) is 4.97. The lowest BCUT2D eigenvalue weighted by Crippen LogP contribution is -2.60. The largest absolute Gasteiger partial charge is 0.417 e. The number of aromatic nitrogens is 2. The molecule has 3 aromatic rings. The summed E-state index contributed by atoms with van der Waals surface area (Å²) in [4.78, 5) is 23.7. The highest BCUT2D eigenvalue weighted by Crippen LogP contribution is 2.50. The molecule has 0 aliphatic carbocycles. The quantitative estimate of drug-likeness (QED) is 0.313. The summed E-state index contributed by atoms with van der Waals surface area (Å²) in [5.41, 5.74) is -2.29. The molecule has 0 amide bonds. The van der Waals surface area contributed by atoms with E-state index in [1.807, 2.05) is 37.7 Å². The van der Waals surface area contributed by atoms with Crippen LogP contribution in [0, 0.1) is 11.6 Å². The van der Waals surface area contributed by atoms with E-state index in [2.05, 4.69) is 11.6 Å². The predicted molar refractivity (Wildman–Crippen MR) is 154 cm³/mol. The van der Waals surface area contributed by atoms with E-state index >= 15 is 4.39 Å². The summed E-state index contributed by atoms with van der Waals surface area (Å²) in [5, 5.41) is 10.6. The van der Waals surface area contributed by atoms with Crippen molar-refractivity contribution in [2.75, 3.05) is 44.4 Å². The van der Waals surface area contributed by atoms with Gasteiger partial charge in [0.2, 0.25) is 0 Å². The zero-order valence-corrected chi connectivity index (χ0v) is 24.4. The Bertz CT molecular complexity index is 1580. The van der Waals surface area contributed by atoms with Gasteiger partial charge in [0.1, 0.15) is 23.7 Å². The summed E-state index contributed by atoms with van der Waals surface area (Å²) in [6, 6.07) is 2.51. The topological polar surface area (TPSA) is 64.8 Å². The summed E-state index contributed by atoms with van der Waals surface area (Å²) < 4.78 is 74.6. The molecule has 2 aromatic carbocycles. The molecular weight excluding hydrogens is 577 g/mol. The minimum absolute atomic E-state index is 0.0988. The van der Waals surface area contributed by atoms with Crippen molar-refractivity contribution >= 4 is 28.5 Å². The van der Waals surface area contributed by atoms with E-state index in [0.717, 1.165) is 30.0 Å². The highest BCUT2D eigenvalue weighted by molar-refractivity contribution is 7.99. The monoisotopic (exact) mass is 609 g/mol. The fraction of sp³-hybridized carbons (Fsp3) is 0.448. The molecule has 3 heterocycles. The first kappa shape index (κ1) is 30.5. The van der Waals surface area contributed by atoms with Crippen molar-refractivity contribution in [1.82, 2.24) is 19.4 Å². The number of hydrogen-bond donors (Lipinski definition) is 1. The van der Waals surface area contributed by atoms with E-state index in [1.54, 1.807) is 4.90 Å². The van der Waals surface area contributed by atoms with E-state index in [-0.39, 0.29) is 52.5 Å². The third-order valence-corrected chi connectivity index (χ3v) is 9.05. The molecule has 1 unspecified atom stereocenters. The van der Waals surface area contributed by atoms with Crippen LogP contribution >= 0.6 is 11.8 Å². The molecule has 226 valence electrons. The summed E-state index contributed by atoms with van der Waals surface area (Å²) >= 11 is 1.12. The highest BCUT2D eigenvalue weighted by atomic mass is 32.2. The molecule has 1 N–H and O–H groups in total. The molecule has 1 aromatic heterocycles. The van der Waals surface area contributed by atoms with Crippen LogP contribution in [0.25, 0.3) is 22.0 Å². The average molecular weight is 610 g/mol. The lowest BCUT2D eigenvalue weighted by Gasteiger charge is -2.46. The Morgan fingerprint density at radius 2 is 1.86 bits per heavy atom. The summed E-state index contributed by atoms with van der Waals surface area (Å²) in [6.45, 7) is 8.37. The van der Waals surface area contributed by atoms with Gasteiger partial charge in [-0.15, -0.1) is 11.8 Å². The normalized spacial score (nSPS) is 22.2. The summed E-state index contributed by atoms with van der Waals surface area (Å²) in [6.07, 6.45) is -4.41. The van der Waals surface area contributed by atoms with E-state index in [4.69, 9.17) is 0 Å². The van der Waals surface area contributed by atoms with Crippen LogP contribution in [0.1, 0.15) is 25.5 Å². The first-order valence-electron chi connectivity index (χ1n) is 13.5.